The quantitative estimate of drug-likeness (QED) is 0.825. The molecule has 0 spiro atoms. The number of ether oxygens (including phenoxy) is 1. The number of aliphatic hydroxyl groups is 1. The molecule has 18 heavy (non-hydrogen) atoms. The number of hydrogen-bond acceptors (Lipinski definition) is 3. The normalized spacial score (nSPS) is 14.4. The van der Waals surface area contributed by atoms with Crippen molar-refractivity contribution in [2.45, 2.75) is 18.3 Å². The number of alkyl halides is 5. The zero-order chi connectivity index (χ0) is 14.0. The van der Waals surface area contributed by atoms with Crippen LogP contribution in [0, 0.1) is 0 Å². The van der Waals surface area contributed by atoms with E-state index in [2.05, 4.69) is 4.74 Å². The van der Waals surface area contributed by atoms with Crippen LogP contribution in [0.4, 0.5) is 22.0 Å². The molecule has 1 rings (SSSR count). The smallest absolute Gasteiger partial charge is 0.406 e. The van der Waals surface area contributed by atoms with E-state index in [1.165, 1.54) is 0 Å². The van der Waals surface area contributed by atoms with E-state index in [0.717, 1.165) is 24.3 Å². The Balaban J connectivity index is 2.95. The van der Waals surface area contributed by atoms with E-state index >= 15 is 0 Å². The van der Waals surface area contributed by atoms with E-state index in [9.17, 15) is 22.0 Å². The first-order valence-electron chi connectivity index (χ1n) is 4.75. The van der Waals surface area contributed by atoms with Crippen molar-refractivity contribution in [1.82, 2.24) is 0 Å². The van der Waals surface area contributed by atoms with Crippen molar-refractivity contribution in [3.8, 4) is 5.75 Å². The van der Waals surface area contributed by atoms with E-state index in [-0.39, 0.29) is 5.56 Å². The Kier molecular flexibility index (Phi) is 4.12. The lowest BCUT2D eigenvalue weighted by molar-refractivity contribution is -0.274. The van der Waals surface area contributed by atoms with Gasteiger partial charge in [0.25, 0.3) is 5.92 Å². The molecule has 1 aromatic rings. The molecule has 0 amide bonds. The third kappa shape index (κ3) is 3.81. The fraction of sp³-hybridized carbons (Fsp3) is 0.400. The predicted octanol–water partition coefficient (Wildman–Crippen LogP) is 2.21. The van der Waals surface area contributed by atoms with Gasteiger partial charge in [0.15, 0.2) is 0 Å². The van der Waals surface area contributed by atoms with Crippen LogP contribution in [0.5, 0.6) is 5.75 Å². The summed E-state index contributed by atoms with van der Waals surface area (Å²) in [6.07, 6.45) is -4.91. The first kappa shape index (κ1) is 14.7. The van der Waals surface area contributed by atoms with Crippen LogP contribution in [0.3, 0.4) is 0 Å². The Morgan fingerprint density at radius 1 is 1.22 bits per heavy atom. The van der Waals surface area contributed by atoms with Crippen LogP contribution >= 0.6 is 0 Å². The number of hydrogen-bond donors (Lipinski definition) is 2. The molecule has 0 bridgehead atoms. The van der Waals surface area contributed by atoms with Gasteiger partial charge in [-0.25, -0.2) is 8.78 Å². The highest BCUT2D eigenvalue weighted by Crippen LogP contribution is 2.31. The molecule has 3 N–H and O–H groups in total. The molecule has 0 unspecified atom stereocenters. The standard InChI is InChI=1S/C10H10F5NO2/c11-9(12,5-17)8(16)6-2-1-3-7(4-6)18-10(13,14)15/h1-4,8,17H,5,16H2/t8-/m1/s1. The minimum absolute atomic E-state index is 0.268. The Hall–Kier alpha value is -1.41. The molecular weight excluding hydrogens is 261 g/mol. The second-order valence-electron chi connectivity index (χ2n) is 3.52. The molecule has 1 aromatic carbocycles. The van der Waals surface area contributed by atoms with Gasteiger partial charge in [-0.15, -0.1) is 13.2 Å². The predicted molar refractivity (Wildman–Crippen MR) is 52.1 cm³/mol. The van der Waals surface area contributed by atoms with Gasteiger partial charge in [0, 0.05) is 0 Å². The highest BCUT2D eigenvalue weighted by atomic mass is 19.4. The lowest BCUT2D eigenvalue weighted by Crippen LogP contribution is -2.36. The van der Waals surface area contributed by atoms with Crippen LogP contribution in [0.2, 0.25) is 0 Å². The largest absolute Gasteiger partial charge is 0.573 e. The van der Waals surface area contributed by atoms with Crippen LogP contribution < -0.4 is 10.5 Å². The summed E-state index contributed by atoms with van der Waals surface area (Å²) in [5, 5.41) is 8.44. The lowest BCUT2D eigenvalue weighted by atomic mass is 10.0. The van der Waals surface area contributed by atoms with Gasteiger partial charge < -0.3 is 15.6 Å². The van der Waals surface area contributed by atoms with E-state index in [0.29, 0.717) is 0 Å². The molecule has 0 fully saturated rings. The van der Waals surface area contributed by atoms with Crippen molar-refractivity contribution in [3.63, 3.8) is 0 Å². The second-order valence-corrected chi connectivity index (χ2v) is 3.52. The molecule has 0 heterocycles. The van der Waals surface area contributed by atoms with Crippen LogP contribution in [0.25, 0.3) is 0 Å². The summed E-state index contributed by atoms with van der Waals surface area (Å²) >= 11 is 0. The van der Waals surface area contributed by atoms with Crippen molar-refractivity contribution in [1.29, 1.82) is 0 Å². The Bertz CT molecular complexity index is 407. The van der Waals surface area contributed by atoms with Gasteiger partial charge in [-0.1, -0.05) is 12.1 Å². The fourth-order valence-electron chi connectivity index (χ4n) is 1.25. The second kappa shape index (κ2) is 5.07. The molecule has 102 valence electrons. The summed E-state index contributed by atoms with van der Waals surface area (Å²) in [5.74, 6) is -4.28. The minimum atomic E-state index is -4.91. The maximum atomic E-state index is 13.1. The van der Waals surface area contributed by atoms with Gasteiger partial charge in [-0.05, 0) is 17.7 Å². The molecule has 0 aliphatic rings. The van der Waals surface area contributed by atoms with Crippen molar-refractivity contribution in [2.75, 3.05) is 6.61 Å². The van der Waals surface area contributed by atoms with E-state index in [4.69, 9.17) is 10.8 Å². The maximum Gasteiger partial charge on any atom is 0.573 e. The van der Waals surface area contributed by atoms with Gasteiger partial charge in [0.05, 0.1) is 6.04 Å². The lowest BCUT2D eigenvalue weighted by Gasteiger charge is -2.22. The van der Waals surface area contributed by atoms with Gasteiger partial charge in [-0.3, -0.25) is 0 Å². The van der Waals surface area contributed by atoms with E-state index in [1.54, 1.807) is 0 Å². The summed E-state index contributed by atoms with van der Waals surface area (Å²) < 4.78 is 65.5. The molecule has 8 heteroatoms. The minimum Gasteiger partial charge on any atom is -0.406 e. The molecule has 0 aliphatic carbocycles. The molecule has 3 nitrogen and oxygen atoms in total. The van der Waals surface area contributed by atoms with Gasteiger partial charge >= 0.3 is 6.36 Å². The van der Waals surface area contributed by atoms with Gasteiger partial charge in [0.2, 0.25) is 0 Å². The van der Waals surface area contributed by atoms with Crippen molar-refractivity contribution < 1.29 is 31.8 Å². The zero-order valence-electron chi connectivity index (χ0n) is 8.92. The number of benzene rings is 1. The summed E-state index contributed by atoms with van der Waals surface area (Å²) in [4.78, 5) is 0. The number of aliphatic hydroxyl groups excluding tert-OH is 1. The van der Waals surface area contributed by atoms with Crippen LogP contribution in [0.1, 0.15) is 11.6 Å². The average Bonchev–Trinajstić information content (AvgIpc) is 2.26. The maximum absolute atomic E-state index is 13.1. The molecule has 0 saturated heterocycles. The highest BCUT2D eigenvalue weighted by Gasteiger charge is 2.38. The summed E-state index contributed by atoms with van der Waals surface area (Å²) in [5.41, 5.74) is 4.90. The molecule has 0 aromatic heterocycles. The average molecular weight is 271 g/mol. The number of nitrogens with two attached hydrogens (primary N) is 1. The van der Waals surface area contributed by atoms with E-state index < -0.39 is 30.7 Å². The molecule has 1 atom stereocenters. The van der Waals surface area contributed by atoms with Crippen molar-refractivity contribution >= 4 is 0 Å². The number of rotatable bonds is 4. The zero-order valence-corrected chi connectivity index (χ0v) is 8.92. The summed E-state index contributed by atoms with van der Waals surface area (Å²) in [7, 11) is 0. The summed E-state index contributed by atoms with van der Waals surface area (Å²) in [6.45, 7) is -1.50. The topological polar surface area (TPSA) is 55.5 Å². The van der Waals surface area contributed by atoms with Crippen LogP contribution in [0.15, 0.2) is 24.3 Å². The molecule has 0 radical (unpaired) electrons. The molecule has 0 aliphatic heterocycles. The third-order valence-electron chi connectivity index (χ3n) is 2.12. The number of halogens is 5. The Morgan fingerprint density at radius 3 is 2.33 bits per heavy atom. The molecule has 0 saturated carbocycles. The van der Waals surface area contributed by atoms with Crippen LogP contribution in [-0.2, 0) is 0 Å². The first-order valence-corrected chi connectivity index (χ1v) is 4.75. The Morgan fingerprint density at radius 2 is 1.83 bits per heavy atom. The highest BCUT2D eigenvalue weighted by molar-refractivity contribution is 5.31. The van der Waals surface area contributed by atoms with E-state index in [1.807, 2.05) is 0 Å². The first-order chi connectivity index (χ1) is 8.15. The monoisotopic (exact) mass is 271 g/mol. The van der Waals surface area contributed by atoms with Crippen molar-refractivity contribution in [3.05, 3.63) is 29.8 Å². The van der Waals surface area contributed by atoms with Crippen LogP contribution in [-0.4, -0.2) is 24.0 Å². The summed E-state index contributed by atoms with van der Waals surface area (Å²) in [6, 6.07) is 2.02. The van der Waals surface area contributed by atoms with Gasteiger partial charge in [0.1, 0.15) is 12.4 Å². The third-order valence-corrected chi connectivity index (χ3v) is 2.12. The molecular formula is C10H10F5NO2. The van der Waals surface area contributed by atoms with Gasteiger partial charge in [-0.2, -0.15) is 0 Å². The van der Waals surface area contributed by atoms with Crippen molar-refractivity contribution in [2.24, 2.45) is 5.73 Å². The fourth-order valence-corrected chi connectivity index (χ4v) is 1.25. The SMILES string of the molecule is N[C@H](c1cccc(OC(F)(F)F)c1)C(F)(F)CO. The Labute approximate surface area is 99.0 Å².